The molecule has 0 fully saturated rings. The molecule has 0 bridgehead atoms. The van der Waals surface area contributed by atoms with Crippen molar-refractivity contribution >= 4 is 11.6 Å². The van der Waals surface area contributed by atoms with Crippen LogP contribution in [0.15, 0.2) is 60.8 Å². The van der Waals surface area contributed by atoms with Crippen LogP contribution in [0.4, 0.5) is 5.69 Å². The van der Waals surface area contributed by atoms with Crippen LogP contribution in [0.3, 0.4) is 0 Å². The third kappa shape index (κ3) is 4.17. The summed E-state index contributed by atoms with van der Waals surface area (Å²) in [6.45, 7) is 2.18. The van der Waals surface area contributed by atoms with E-state index in [0.29, 0.717) is 17.1 Å². The molecule has 2 aromatic carbocycles. The van der Waals surface area contributed by atoms with Gasteiger partial charge in [0.2, 0.25) is 0 Å². The minimum absolute atomic E-state index is 0.227. The molecule has 25 heavy (non-hydrogen) atoms. The second-order valence-electron chi connectivity index (χ2n) is 5.48. The summed E-state index contributed by atoms with van der Waals surface area (Å²) < 4.78 is 12.4. The van der Waals surface area contributed by atoms with Crippen molar-refractivity contribution in [3.8, 4) is 11.5 Å². The average molecular weight is 337 g/mol. The van der Waals surface area contributed by atoms with Gasteiger partial charge in [-0.25, -0.2) is 4.68 Å². The molecule has 0 radical (unpaired) electrons. The number of hydrogen-bond donors (Lipinski definition) is 1. The molecule has 1 amide bonds. The molecule has 0 aliphatic heterocycles. The minimum Gasteiger partial charge on any atom is -0.495 e. The second kappa shape index (κ2) is 7.53. The zero-order chi connectivity index (χ0) is 17.6. The summed E-state index contributed by atoms with van der Waals surface area (Å²) in [5, 5.41) is 7.06. The Morgan fingerprint density at radius 1 is 1.16 bits per heavy atom. The summed E-state index contributed by atoms with van der Waals surface area (Å²) in [6.07, 6.45) is 1.70. The van der Waals surface area contributed by atoms with E-state index in [1.54, 1.807) is 24.1 Å². The molecule has 6 nitrogen and oxygen atoms in total. The van der Waals surface area contributed by atoms with Crippen LogP contribution in [0.1, 0.15) is 16.1 Å². The molecule has 128 valence electrons. The van der Waals surface area contributed by atoms with E-state index in [9.17, 15) is 4.79 Å². The smallest absolute Gasteiger partial charge is 0.276 e. The number of methoxy groups -OCH3 is 1. The number of carbonyl (C=O) groups is 1. The number of rotatable bonds is 6. The summed E-state index contributed by atoms with van der Waals surface area (Å²) in [4.78, 5) is 12.4. The van der Waals surface area contributed by atoms with Gasteiger partial charge in [-0.1, -0.05) is 24.3 Å². The summed E-state index contributed by atoms with van der Waals surface area (Å²) in [6, 6.07) is 16.7. The van der Waals surface area contributed by atoms with E-state index in [4.69, 9.17) is 9.47 Å². The Balaban J connectivity index is 1.65. The summed E-state index contributed by atoms with van der Waals surface area (Å²) in [5.41, 5.74) is 1.95. The minimum atomic E-state index is -0.303. The van der Waals surface area contributed by atoms with E-state index < -0.39 is 0 Å². The van der Waals surface area contributed by atoms with Crippen molar-refractivity contribution in [2.24, 2.45) is 0 Å². The fraction of sp³-hybridized carbons (Fsp3) is 0.158. The van der Waals surface area contributed by atoms with Crippen LogP contribution in [0, 0.1) is 6.92 Å². The van der Waals surface area contributed by atoms with Gasteiger partial charge in [0, 0.05) is 6.20 Å². The van der Waals surface area contributed by atoms with Gasteiger partial charge in [-0.05, 0) is 42.8 Å². The molecular weight excluding hydrogens is 318 g/mol. The van der Waals surface area contributed by atoms with Crippen LogP contribution in [0.25, 0.3) is 0 Å². The maximum atomic E-state index is 12.4. The van der Waals surface area contributed by atoms with Crippen LogP contribution in [0.2, 0.25) is 0 Å². The number of aryl methyl sites for hydroxylation is 1. The SMILES string of the molecule is COc1ccc(C)cc1NC(=O)c1ccn(COc2ccccc2)n1. The first kappa shape index (κ1) is 16.6. The third-order valence-electron chi connectivity index (χ3n) is 3.58. The summed E-state index contributed by atoms with van der Waals surface area (Å²) >= 11 is 0. The lowest BCUT2D eigenvalue weighted by molar-refractivity contribution is 0.102. The van der Waals surface area contributed by atoms with Gasteiger partial charge >= 0.3 is 0 Å². The lowest BCUT2D eigenvalue weighted by Gasteiger charge is -2.10. The molecule has 3 aromatic rings. The first-order valence-corrected chi connectivity index (χ1v) is 7.83. The Kier molecular flexibility index (Phi) is 4.99. The van der Waals surface area contributed by atoms with E-state index in [-0.39, 0.29) is 12.6 Å². The molecular formula is C19H19N3O3. The van der Waals surface area contributed by atoms with Gasteiger partial charge in [-0.3, -0.25) is 4.79 Å². The van der Waals surface area contributed by atoms with Gasteiger partial charge in [0.15, 0.2) is 12.4 Å². The molecule has 0 saturated heterocycles. The molecule has 6 heteroatoms. The zero-order valence-electron chi connectivity index (χ0n) is 14.1. The van der Waals surface area contributed by atoms with Crippen LogP contribution in [-0.2, 0) is 6.73 Å². The number of anilines is 1. The number of amides is 1. The van der Waals surface area contributed by atoms with Crippen molar-refractivity contribution < 1.29 is 14.3 Å². The van der Waals surface area contributed by atoms with Crippen LogP contribution in [0.5, 0.6) is 11.5 Å². The number of hydrogen-bond acceptors (Lipinski definition) is 4. The van der Waals surface area contributed by atoms with E-state index in [1.807, 2.05) is 55.5 Å². The van der Waals surface area contributed by atoms with E-state index in [2.05, 4.69) is 10.4 Å². The standard InChI is InChI=1S/C19H19N3O3/c1-14-8-9-18(24-2)17(12-14)20-19(23)16-10-11-22(21-16)13-25-15-6-4-3-5-7-15/h3-12H,13H2,1-2H3,(H,20,23). The first-order chi connectivity index (χ1) is 12.2. The maximum Gasteiger partial charge on any atom is 0.276 e. The van der Waals surface area contributed by atoms with Crippen LogP contribution in [-0.4, -0.2) is 22.8 Å². The van der Waals surface area contributed by atoms with E-state index in [0.717, 1.165) is 11.3 Å². The number of nitrogens with zero attached hydrogens (tertiary/aromatic N) is 2. The van der Waals surface area contributed by atoms with E-state index in [1.165, 1.54) is 0 Å². The molecule has 0 atom stereocenters. The van der Waals surface area contributed by atoms with Crippen LogP contribution < -0.4 is 14.8 Å². The largest absolute Gasteiger partial charge is 0.495 e. The summed E-state index contributed by atoms with van der Waals surface area (Å²) in [5.74, 6) is 1.04. The van der Waals surface area contributed by atoms with Crippen molar-refractivity contribution in [2.45, 2.75) is 13.7 Å². The lowest BCUT2D eigenvalue weighted by Crippen LogP contribution is -2.15. The predicted molar refractivity (Wildman–Crippen MR) is 95.0 cm³/mol. The van der Waals surface area contributed by atoms with E-state index >= 15 is 0 Å². The fourth-order valence-electron chi connectivity index (χ4n) is 2.32. The normalized spacial score (nSPS) is 10.3. The number of nitrogens with one attached hydrogen (secondary N) is 1. The van der Waals surface area contributed by atoms with Gasteiger partial charge in [0.1, 0.15) is 11.5 Å². The molecule has 0 aliphatic carbocycles. The van der Waals surface area contributed by atoms with Crippen molar-refractivity contribution in [3.63, 3.8) is 0 Å². The Morgan fingerprint density at radius 2 is 1.96 bits per heavy atom. The lowest BCUT2D eigenvalue weighted by atomic mass is 10.2. The number of para-hydroxylation sites is 1. The highest BCUT2D eigenvalue weighted by Gasteiger charge is 2.13. The molecule has 0 unspecified atom stereocenters. The number of aromatic nitrogens is 2. The molecule has 0 saturated carbocycles. The molecule has 0 aliphatic rings. The molecule has 1 aromatic heterocycles. The Bertz CT molecular complexity index is 859. The molecule has 0 spiro atoms. The van der Waals surface area contributed by atoms with Gasteiger partial charge in [-0.2, -0.15) is 5.10 Å². The molecule has 3 rings (SSSR count). The molecule has 1 N–H and O–H groups in total. The first-order valence-electron chi connectivity index (χ1n) is 7.83. The highest BCUT2D eigenvalue weighted by atomic mass is 16.5. The zero-order valence-corrected chi connectivity index (χ0v) is 14.1. The number of ether oxygens (including phenoxy) is 2. The van der Waals surface area contributed by atoms with Crippen molar-refractivity contribution in [2.75, 3.05) is 12.4 Å². The van der Waals surface area contributed by atoms with Crippen molar-refractivity contribution in [1.82, 2.24) is 9.78 Å². The quantitative estimate of drug-likeness (QED) is 0.748. The molecule has 1 heterocycles. The van der Waals surface area contributed by atoms with Gasteiger partial charge in [0.05, 0.1) is 12.8 Å². The highest BCUT2D eigenvalue weighted by Crippen LogP contribution is 2.25. The third-order valence-corrected chi connectivity index (χ3v) is 3.58. The predicted octanol–water partition coefficient (Wildman–Crippen LogP) is 3.49. The second-order valence-corrected chi connectivity index (χ2v) is 5.48. The summed E-state index contributed by atoms with van der Waals surface area (Å²) in [7, 11) is 1.57. The Labute approximate surface area is 146 Å². The van der Waals surface area contributed by atoms with Gasteiger partial charge < -0.3 is 14.8 Å². The fourth-order valence-corrected chi connectivity index (χ4v) is 2.32. The number of carbonyl (C=O) groups excluding carboxylic acids is 1. The highest BCUT2D eigenvalue weighted by molar-refractivity contribution is 6.03. The maximum absolute atomic E-state index is 12.4. The topological polar surface area (TPSA) is 65.4 Å². The van der Waals surface area contributed by atoms with Crippen LogP contribution >= 0.6 is 0 Å². The Hall–Kier alpha value is -3.28. The van der Waals surface area contributed by atoms with Crippen molar-refractivity contribution in [1.29, 1.82) is 0 Å². The van der Waals surface area contributed by atoms with Crippen molar-refractivity contribution in [3.05, 3.63) is 72.1 Å². The monoisotopic (exact) mass is 337 g/mol. The van der Waals surface area contributed by atoms with Gasteiger partial charge in [-0.15, -0.1) is 0 Å². The Morgan fingerprint density at radius 3 is 2.72 bits per heavy atom. The van der Waals surface area contributed by atoms with Gasteiger partial charge in [0.25, 0.3) is 5.91 Å². The number of benzene rings is 2. The average Bonchev–Trinajstić information content (AvgIpc) is 3.10.